The molecular weight excluding hydrogens is 395 g/mol. The zero-order valence-corrected chi connectivity index (χ0v) is 17.2. The average Bonchev–Trinajstić information content (AvgIpc) is 3.30. The molecule has 2 N–H and O–H groups in total. The Kier molecular flexibility index (Phi) is 6.40. The number of hydrogen-bond donors (Lipinski definition) is 2. The zero-order valence-electron chi connectivity index (χ0n) is 17.2. The maximum absolute atomic E-state index is 13.1. The van der Waals surface area contributed by atoms with Gasteiger partial charge in [0.25, 0.3) is 5.56 Å². The van der Waals surface area contributed by atoms with Gasteiger partial charge in [-0.15, -0.1) is 0 Å². The van der Waals surface area contributed by atoms with Gasteiger partial charge in [-0.3, -0.25) is 14.6 Å². The summed E-state index contributed by atoms with van der Waals surface area (Å²) in [6, 6.07) is 16.7. The third-order valence-electron chi connectivity index (χ3n) is 5.42. The van der Waals surface area contributed by atoms with Gasteiger partial charge in [-0.1, -0.05) is 42.5 Å². The van der Waals surface area contributed by atoms with Crippen LogP contribution >= 0.6 is 0 Å². The molecule has 6 nitrogen and oxygen atoms in total. The normalized spacial score (nSPS) is 14.4. The van der Waals surface area contributed by atoms with E-state index in [-0.39, 0.29) is 29.7 Å². The minimum absolute atomic E-state index is 0.144. The second-order valence-electron chi connectivity index (χ2n) is 7.79. The maximum Gasteiger partial charge on any atom is 0.252 e. The molecule has 0 aliphatic carbocycles. The van der Waals surface area contributed by atoms with E-state index >= 15 is 0 Å². The first-order chi connectivity index (χ1) is 15.1. The standard InChI is InChI=1S/C24H25FN4O2/c25-19-10-8-17(9-11-19)14-22(30)27-21(18-6-2-1-3-7-18)15-20-16-23(31)28-24(26-20)29-12-4-5-13-29/h1-3,6-11,16,21H,4-5,12-15H2,(H,27,30)(H,26,28,31)/t21-/m1/s1. The van der Waals surface area contributed by atoms with Crippen molar-refractivity contribution >= 4 is 11.9 Å². The van der Waals surface area contributed by atoms with Crippen LogP contribution in [0.15, 0.2) is 65.5 Å². The van der Waals surface area contributed by atoms with Crippen LogP contribution in [0, 0.1) is 5.82 Å². The molecule has 0 radical (unpaired) electrons. The molecule has 0 saturated carbocycles. The Morgan fingerprint density at radius 2 is 1.81 bits per heavy atom. The van der Waals surface area contributed by atoms with Crippen molar-refractivity contribution in [3.05, 3.63) is 93.7 Å². The van der Waals surface area contributed by atoms with Crippen molar-refractivity contribution in [1.82, 2.24) is 15.3 Å². The summed E-state index contributed by atoms with van der Waals surface area (Å²) in [4.78, 5) is 34.5. The molecule has 1 aliphatic rings. The van der Waals surface area contributed by atoms with Crippen LogP contribution in [-0.4, -0.2) is 29.0 Å². The minimum Gasteiger partial charge on any atom is -0.349 e. The topological polar surface area (TPSA) is 78.1 Å². The molecule has 1 saturated heterocycles. The van der Waals surface area contributed by atoms with Crippen molar-refractivity contribution in [2.24, 2.45) is 0 Å². The van der Waals surface area contributed by atoms with Gasteiger partial charge in [-0.05, 0) is 36.1 Å². The van der Waals surface area contributed by atoms with Crippen LogP contribution in [0.1, 0.15) is 35.7 Å². The van der Waals surface area contributed by atoms with E-state index < -0.39 is 0 Å². The average molecular weight is 420 g/mol. The largest absolute Gasteiger partial charge is 0.349 e. The summed E-state index contributed by atoms with van der Waals surface area (Å²) in [5, 5.41) is 3.05. The van der Waals surface area contributed by atoms with Crippen LogP contribution in [0.3, 0.4) is 0 Å². The highest BCUT2D eigenvalue weighted by Crippen LogP contribution is 2.20. The number of aromatic amines is 1. The van der Waals surface area contributed by atoms with Gasteiger partial charge in [0.15, 0.2) is 0 Å². The van der Waals surface area contributed by atoms with Crippen LogP contribution in [0.25, 0.3) is 0 Å². The van der Waals surface area contributed by atoms with E-state index in [2.05, 4.69) is 20.2 Å². The number of nitrogens with zero attached hydrogens (tertiary/aromatic N) is 2. The van der Waals surface area contributed by atoms with Gasteiger partial charge in [0, 0.05) is 25.6 Å². The van der Waals surface area contributed by atoms with Crippen LogP contribution in [0.2, 0.25) is 0 Å². The molecule has 1 amide bonds. The molecule has 1 atom stereocenters. The number of nitrogens with one attached hydrogen (secondary N) is 2. The molecule has 1 aromatic heterocycles. The first kappa shape index (κ1) is 20.8. The summed E-state index contributed by atoms with van der Waals surface area (Å²) in [6.07, 6.45) is 2.70. The van der Waals surface area contributed by atoms with Gasteiger partial charge in [0.1, 0.15) is 5.82 Å². The summed E-state index contributed by atoms with van der Waals surface area (Å²) >= 11 is 0. The molecule has 0 spiro atoms. The molecule has 2 aromatic carbocycles. The fraction of sp³-hybridized carbons (Fsp3) is 0.292. The Morgan fingerprint density at radius 3 is 2.52 bits per heavy atom. The van der Waals surface area contributed by atoms with Gasteiger partial charge in [0.05, 0.1) is 18.2 Å². The van der Waals surface area contributed by atoms with E-state index in [1.54, 1.807) is 12.1 Å². The number of rotatable bonds is 7. The van der Waals surface area contributed by atoms with Crippen molar-refractivity contribution in [1.29, 1.82) is 0 Å². The molecule has 4 rings (SSSR count). The summed E-state index contributed by atoms with van der Waals surface area (Å²) in [5.74, 6) is 0.0787. The predicted octanol–water partition coefficient (Wildman–Crippen LogP) is 3.15. The number of hydrogen-bond acceptors (Lipinski definition) is 4. The second kappa shape index (κ2) is 9.55. The Labute approximate surface area is 180 Å². The molecule has 160 valence electrons. The highest BCUT2D eigenvalue weighted by molar-refractivity contribution is 5.79. The monoisotopic (exact) mass is 420 g/mol. The van der Waals surface area contributed by atoms with Crippen LogP contribution in [-0.2, 0) is 17.6 Å². The van der Waals surface area contributed by atoms with E-state index in [1.807, 2.05) is 30.3 Å². The molecule has 1 aliphatic heterocycles. The number of amides is 1. The quantitative estimate of drug-likeness (QED) is 0.616. The van der Waals surface area contributed by atoms with Gasteiger partial charge >= 0.3 is 0 Å². The number of carbonyl (C=O) groups excluding carboxylic acids is 1. The first-order valence-corrected chi connectivity index (χ1v) is 10.5. The summed E-state index contributed by atoms with van der Waals surface area (Å²) in [5.41, 5.74) is 2.09. The fourth-order valence-electron chi connectivity index (χ4n) is 3.86. The maximum atomic E-state index is 13.1. The van der Waals surface area contributed by atoms with E-state index in [1.165, 1.54) is 18.2 Å². The number of carbonyl (C=O) groups is 1. The molecule has 0 unspecified atom stereocenters. The van der Waals surface area contributed by atoms with Gasteiger partial charge in [-0.2, -0.15) is 0 Å². The first-order valence-electron chi connectivity index (χ1n) is 10.5. The molecule has 2 heterocycles. The van der Waals surface area contributed by atoms with Crippen molar-refractivity contribution in [3.63, 3.8) is 0 Å². The molecule has 3 aromatic rings. The SMILES string of the molecule is O=C(Cc1ccc(F)cc1)N[C@H](Cc1cc(=O)[nH]c(N2CCCC2)n1)c1ccccc1. The fourth-order valence-corrected chi connectivity index (χ4v) is 3.86. The van der Waals surface area contributed by atoms with Crippen molar-refractivity contribution in [2.45, 2.75) is 31.7 Å². The number of benzene rings is 2. The van der Waals surface area contributed by atoms with Crippen LogP contribution in [0.5, 0.6) is 0 Å². The van der Waals surface area contributed by atoms with Crippen molar-refractivity contribution < 1.29 is 9.18 Å². The Hall–Kier alpha value is -3.48. The molecule has 7 heteroatoms. The van der Waals surface area contributed by atoms with E-state index in [9.17, 15) is 14.0 Å². The lowest BCUT2D eigenvalue weighted by Gasteiger charge is -2.21. The van der Waals surface area contributed by atoms with Gasteiger partial charge in [0.2, 0.25) is 11.9 Å². The lowest BCUT2D eigenvalue weighted by Crippen LogP contribution is -2.32. The third-order valence-corrected chi connectivity index (χ3v) is 5.42. The Balaban J connectivity index is 1.54. The van der Waals surface area contributed by atoms with Crippen LogP contribution < -0.4 is 15.8 Å². The smallest absolute Gasteiger partial charge is 0.252 e. The Morgan fingerprint density at radius 1 is 1.10 bits per heavy atom. The van der Waals surface area contributed by atoms with Gasteiger partial charge in [-0.25, -0.2) is 9.37 Å². The Bertz CT molecular complexity index is 1080. The lowest BCUT2D eigenvalue weighted by molar-refractivity contribution is -0.121. The summed E-state index contributed by atoms with van der Waals surface area (Å²) in [6.45, 7) is 1.76. The number of aromatic nitrogens is 2. The second-order valence-corrected chi connectivity index (χ2v) is 7.79. The highest BCUT2D eigenvalue weighted by atomic mass is 19.1. The minimum atomic E-state index is -0.338. The number of H-pyrrole nitrogens is 1. The van der Waals surface area contributed by atoms with Gasteiger partial charge < -0.3 is 10.2 Å². The third kappa shape index (κ3) is 5.57. The molecule has 31 heavy (non-hydrogen) atoms. The van der Waals surface area contributed by atoms with E-state index in [4.69, 9.17) is 0 Å². The van der Waals surface area contributed by atoms with Crippen molar-refractivity contribution in [3.8, 4) is 0 Å². The summed E-state index contributed by atoms with van der Waals surface area (Å²) < 4.78 is 13.1. The lowest BCUT2D eigenvalue weighted by atomic mass is 10.0. The highest BCUT2D eigenvalue weighted by Gasteiger charge is 2.19. The zero-order chi connectivity index (χ0) is 21.6. The summed E-state index contributed by atoms with van der Waals surface area (Å²) in [7, 11) is 0. The van der Waals surface area contributed by atoms with Crippen molar-refractivity contribution in [2.75, 3.05) is 18.0 Å². The van der Waals surface area contributed by atoms with E-state index in [0.29, 0.717) is 18.1 Å². The molecular formula is C24H25FN4O2. The predicted molar refractivity (Wildman–Crippen MR) is 117 cm³/mol. The number of halogens is 1. The van der Waals surface area contributed by atoms with Crippen LogP contribution in [0.4, 0.5) is 10.3 Å². The molecule has 0 bridgehead atoms. The number of anilines is 1. The molecule has 1 fully saturated rings. The van der Waals surface area contributed by atoms with E-state index in [0.717, 1.165) is 37.1 Å².